The molecule has 1 aromatic rings. The van der Waals surface area contributed by atoms with Gasteiger partial charge in [0.15, 0.2) is 0 Å². The number of nitrogens with two attached hydrogens (primary N) is 1. The summed E-state index contributed by atoms with van der Waals surface area (Å²) in [5.41, 5.74) is 5.38. The number of aliphatic hydroxyl groups excluding tert-OH is 2. The third-order valence-corrected chi connectivity index (χ3v) is 2.55. The van der Waals surface area contributed by atoms with Gasteiger partial charge in [0.05, 0.1) is 11.8 Å². The fourth-order valence-corrected chi connectivity index (χ4v) is 1.69. The highest BCUT2D eigenvalue weighted by Crippen LogP contribution is 2.17. The van der Waals surface area contributed by atoms with E-state index in [1.807, 2.05) is 0 Å². The summed E-state index contributed by atoms with van der Waals surface area (Å²) in [7, 11) is 0. The van der Waals surface area contributed by atoms with E-state index < -0.39 is 18.1 Å². The van der Waals surface area contributed by atoms with E-state index in [1.54, 1.807) is 6.07 Å². The van der Waals surface area contributed by atoms with Crippen molar-refractivity contribution < 1.29 is 15.0 Å². The maximum absolute atomic E-state index is 10.9. The van der Waals surface area contributed by atoms with Crippen molar-refractivity contribution in [2.75, 3.05) is 5.33 Å². The van der Waals surface area contributed by atoms with Crippen LogP contribution in [0.2, 0.25) is 0 Å². The van der Waals surface area contributed by atoms with Crippen molar-refractivity contribution in [2.24, 2.45) is 5.73 Å². The molecule has 1 amide bonds. The third-order valence-electron chi connectivity index (χ3n) is 2.10. The van der Waals surface area contributed by atoms with Crippen LogP contribution in [0.1, 0.15) is 28.7 Å². The van der Waals surface area contributed by atoms with Gasteiger partial charge in [0.1, 0.15) is 11.8 Å². The van der Waals surface area contributed by atoms with Crippen LogP contribution in [-0.2, 0) is 0 Å². The summed E-state index contributed by atoms with van der Waals surface area (Å²) in [6.07, 6.45) is -1.64. The van der Waals surface area contributed by atoms with Crippen LogP contribution < -0.4 is 5.73 Å². The number of aromatic nitrogens is 1. The Morgan fingerprint density at radius 3 is 2.75 bits per heavy atom. The highest BCUT2D eigenvalue weighted by atomic mass is 79.9. The first-order chi connectivity index (χ1) is 7.56. The van der Waals surface area contributed by atoms with Gasteiger partial charge in [-0.25, -0.2) is 4.98 Å². The Bertz CT molecular complexity index is 373. The van der Waals surface area contributed by atoms with Crippen LogP contribution >= 0.6 is 15.9 Å². The van der Waals surface area contributed by atoms with Gasteiger partial charge in [-0.3, -0.25) is 4.79 Å². The van der Waals surface area contributed by atoms with Crippen molar-refractivity contribution in [1.82, 2.24) is 4.98 Å². The summed E-state index contributed by atoms with van der Waals surface area (Å²) in [6.45, 7) is 0. The summed E-state index contributed by atoms with van der Waals surface area (Å²) in [5, 5.41) is 19.9. The number of halogens is 1. The molecule has 0 saturated carbocycles. The van der Waals surface area contributed by atoms with Gasteiger partial charge in [0.2, 0.25) is 0 Å². The van der Waals surface area contributed by atoms with Crippen LogP contribution in [0.3, 0.4) is 0 Å². The van der Waals surface area contributed by atoms with E-state index >= 15 is 0 Å². The number of hydrogen-bond acceptors (Lipinski definition) is 4. The average molecular weight is 289 g/mol. The topological polar surface area (TPSA) is 96.4 Å². The van der Waals surface area contributed by atoms with E-state index in [1.165, 1.54) is 12.1 Å². The molecule has 0 spiro atoms. The number of carbonyl (C=O) groups is 1. The second-order valence-electron chi connectivity index (χ2n) is 3.30. The average Bonchev–Trinajstić information content (AvgIpc) is 2.28. The highest BCUT2D eigenvalue weighted by molar-refractivity contribution is 9.09. The molecule has 6 heteroatoms. The number of alkyl halides is 1. The number of rotatable bonds is 5. The van der Waals surface area contributed by atoms with Gasteiger partial charge < -0.3 is 15.9 Å². The van der Waals surface area contributed by atoms with Crippen molar-refractivity contribution in [3.8, 4) is 0 Å². The van der Waals surface area contributed by atoms with Crippen molar-refractivity contribution >= 4 is 21.8 Å². The van der Waals surface area contributed by atoms with Gasteiger partial charge in [-0.05, 0) is 18.6 Å². The molecule has 0 fully saturated rings. The maximum atomic E-state index is 10.9. The molecule has 0 bridgehead atoms. The van der Waals surface area contributed by atoms with E-state index in [9.17, 15) is 15.0 Å². The fraction of sp³-hybridized carbons (Fsp3) is 0.400. The van der Waals surface area contributed by atoms with Gasteiger partial charge in [-0.1, -0.05) is 22.0 Å². The van der Waals surface area contributed by atoms with E-state index in [0.717, 1.165) is 0 Å². The number of hydrogen-bond donors (Lipinski definition) is 3. The number of primary amides is 1. The molecule has 16 heavy (non-hydrogen) atoms. The first-order valence-corrected chi connectivity index (χ1v) is 5.87. The molecule has 2 atom stereocenters. The zero-order valence-corrected chi connectivity index (χ0v) is 10.1. The van der Waals surface area contributed by atoms with Crippen molar-refractivity contribution in [1.29, 1.82) is 0 Å². The van der Waals surface area contributed by atoms with Crippen LogP contribution in [0, 0.1) is 0 Å². The number of carbonyl (C=O) groups excluding carboxylic acids is 1. The molecule has 0 aliphatic carbocycles. The summed E-state index contributed by atoms with van der Waals surface area (Å²) in [6, 6.07) is 4.55. The Kier molecular flexibility index (Phi) is 4.85. The van der Waals surface area contributed by atoms with E-state index in [4.69, 9.17) is 5.73 Å². The molecule has 2 unspecified atom stereocenters. The first kappa shape index (κ1) is 13.1. The minimum absolute atomic E-state index is 0.0718. The lowest BCUT2D eigenvalue weighted by Crippen LogP contribution is -2.21. The molecule has 0 saturated heterocycles. The fourth-order valence-electron chi connectivity index (χ4n) is 1.22. The molecule has 4 N–H and O–H groups in total. The standard InChI is InChI=1S/C10H13BrN2O3/c11-5-4-8(14)9(15)6-2-1-3-7(13-6)10(12)16/h1-3,8-9,14-15H,4-5H2,(H2,12,16). The zero-order chi connectivity index (χ0) is 12.1. The van der Waals surface area contributed by atoms with Gasteiger partial charge in [-0.15, -0.1) is 0 Å². The van der Waals surface area contributed by atoms with Crippen LogP contribution in [0.25, 0.3) is 0 Å². The monoisotopic (exact) mass is 288 g/mol. The lowest BCUT2D eigenvalue weighted by molar-refractivity contribution is 0.0147. The molecule has 88 valence electrons. The van der Waals surface area contributed by atoms with Crippen LogP contribution in [0.5, 0.6) is 0 Å². The van der Waals surface area contributed by atoms with E-state index in [0.29, 0.717) is 11.8 Å². The van der Waals surface area contributed by atoms with Crippen molar-refractivity contribution in [2.45, 2.75) is 18.6 Å². The largest absolute Gasteiger partial charge is 0.390 e. The second-order valence-corrected chi connectivity index (χ2v) is 4.09. The normalized spacial score (nSPS) is 14.4. The van der Waals surface area contributed by atoms with E-state index in [-0.39, 0.29) is 11.4 Å². The summed E-state index contributed by atoms with van der Waals surface area (Å²) in [5.74, 6) is -0.663. The molecule has 0 aliphatic heterocycles. The molecule has 1 aromatic heterocycles. The third kappa shape index (κ3) is 3.26. The Hall–Kier alpha value is -0.980. The summed E-state index contributed by atoms with van der Waals surface area (Å²) >= 11 is 3.16. The number of pyridine rings is 1. The van der Waals surface area contributed by atoms with Gasteiger partial charge >= 0.3 is 0 Å². The molecule has 5 nitrogen and oxygen atoms in total. The van der Waals surface area contributed by atoms with Gasteiger partial charge in [0.25, 0.3) is 5.91 Å². The SMILES string of the molecule is NC(=O)c1cccc(C(O)C(O)CCBr)n1. The molecular weight excluding hydrogens is 276 g/mol. The molecule has 0 aliphatic rings. The molecular formula is C10H13BrN2O3. The van der Waals surface area contributed by atoms with Crippen LogP contribution in [0.15, 0.2) is 18.2 Å². The molecule has 1 rings (SSSR count). The highest BCUT2D eigenvalue weighted by Gasteiger charge is 2.19. The second kappa shape index (κ2) is 5.93. The number of amides is 1. The zero-order valence-electron chi connectivity index (χ0n) is 8.51. The lowest BCUT2D eigenvalue weighted by atomic mass is 10.1. The van der Waals surface area contributed by atoms with E-state index in [2.05, 4.69) is 20.9 Å². The van der Waals surface area contributed by atoms with Crippen LogP contribution in [0.4, 0.5) is 0 Å². The summed E-state index contributed by atoms with van der Waals surface area (Å²) in [4.78, 5) is 14.8. The van der Waals surface area contributed by atoms with Gasteiger partial charge in [-0.2, -0.15) is 0 Å². The molecule has 0 radical (unpaired) electrons. The predicted octanol–water partition coefficient (Wildman–Crippen LogP) is 0.360. The lowest BCUT2D eigenvalue weighted by Gasteiger charge is -2.16. The smallest absolute Gasteiger partial charge is 0.267 e. The Labute approximate surface area is 101 Å². The predicted molar refractivity (Wildman–Crippen MR) is 62.1 cm³/mol. The summed E-state index contributed by atoms with van der Waals surface area (Å²) < 4.78 is 0. The van der Waals surface area contributed by atoms with Crippen molar-refractivity contribution in [3.05, 3.63) is 29.6 Å². The number of aliphatic hydroxyl groups is 2. The van der Waals surface area contributed by atoms with Gasteiger partial charge in [0, 0.05) is 5.33 Å². The number of nitrogens with zero attached hydrogens (tertiary/aromatic N) is 1. The van der Waals surface area contributed by atoms with Crippen LogP contribution in [-0.4, -0.2) is 32.5 Å². The Morgan fingerprint density at radius 1 is 1.50 bits per heavy atom. The minimum atomic E-state index is -1.11. The van der Waals surface area contributed by atoms with Crippen molar-refractivity contribution in [3.63, 3.8) is 0 Å². The minimum Gasteiger partial charge on any atom is -0.390 e. The maximum Gasteiger partial charge on any atom is 0.267 e. The first-order valence-electron chi connectivity index (χ1n) is 4.75. The molecule has 1 heterocycles. The Balaban J connectivity index is 2.86. The molecule has 0 aromatic carbocycles. The Morgan fingerprint density at radius 2 is 2.19 bits per heavy atom. The quantitative estimate of drug-likeness (QED) is 0.682.